The summed E-state index contributed by atoms with van der Waals surface area (Å²) in [5, 5.41) is 18.7. The van der Waals surface area contributed by atoms with Gasteiger partial charge in [-0.1, -0.05) is 26.7 Å². The average molecular weight is 243 g/mol. The normalized spacial score (nSPS) is 25.8. The lowest BCUT2D eigenvalue weighted by atomic mass is 9.84. The lowest BCUT2D eigenvalue weighted by molar-refractivity contribution is 0.0359. The maximum atomic E-state index is 9.59. The van der Waals surface area contributed by atoms with Crippen molar-refractivity contribution in [2.75, 3.05) is 26.3 Å². The Morgan fingerprint density at radius 1 is 1.29 bits per heavy atom. The summed E-state index contributed by atoms with van der Waals surface area (Å²) in [7, 11) is 0. The minimum Gasteiger partial charge on any atom is -0.396 e. The monoisotopic (exact) mass is 243 g/mol. The first-order valence-electron chi connectivity index (χ1n) is 7.11. The van der Waals surface area contributed by atoms with Gasteiger partial charge in [0.2, 0.25) is 0 Å². The number of rotatable bonds is 7. The zero-order valence-corrected chi connectivity index (χ0v) is 11.5. The van der Waals surface area contributed by atoms with Crippen molar-refractivity contribution < 1.29 is 10.2 Å². The Balaban J connectivity index is 2.55. The molecule has 0 saturated carbocycles. The number of hydrogen-bond donors (Lipinski definition) is 2. The van der Waals surface area contributed by atoms with Crippen molar-refractivity contribution >= 4 is 0 Å². The van der Waals surface area contributed by atoms with E-state index < -0.39 is 0 Å². The molecular formula is C14H29NO2. The number of piperidine rings is 1. The summed E-state index contributed by atoms with van der Waals surface area (Å²) in [4.78, 5) is 2.49. The molecule has 0 amide bonds. The van der Waals surface area contributed by atoms with Crippen LogP contribution in [0.5, 0.6) is 0 Å². The van der Waals surface area contributed by atoms with E-state index in [1.165, 1.54) is 19.3 Å². The summed E-state index contributed by atoms with van der Waals surface area (Å²) in [6, 6.07) is 0.525. The predicted molar refractivity (Wildman–Crippen MR) is 71.0 cm³/mol. The van der Waals surface area contributed by atoms with Crippen LogP contribution in [0.3, 0.4) is 0 Å². The first kappa shape index (κ1) is 14.9. The van der Waals surface area contributed by atoms with Gasteiger partial charge < -0.3 is 10.2 Å². The fraction of sp³-hybridized carbons (Fsp3) is 1.00. The molecule has 0 aliphatic carbocycles. The van der Waals surface area contributed by atoms with Gasteiger partial charge in [0.1, 0.15) is 0 Å². The second-order valence-electron chi connectivity index (χ2n) is 5.85. The first-order chi connectivity index (χ1) is 8.15. The van der Waals surface area contributed by atoms with E-state index in [4.69, 9.17) is 5.11 Å². The maximum absolute atomic E-state index is 9.59. The molecule has 1 heterocycles. The highest BCUT2D eigenvalue weighted by Gasteiger charge is 2.30. The Labute approximate surface area is 106 Å². The van der Waals surface area contributed by atoms with E-state index in [1.807, 2.05) is 0 Å². The van der Waals surface area contributed by atoms with Gasteiger partial charge in [0, 0.05) is 31.2 Å². The number of likely N-dealkylation sites (tertiary alicyclic amines) is 1. The van der Waals surface area contributed by atoms with E-state index in [0.29, 0.717) is 6.04 Å². The van der Waals surface area contributed by atoms with Crippen molar-refractivity contribution in [2.45, 2.75) is 58.4 Å². The third kappa shape index (κ3) is 4.57. The highest BCUT2D eigenvalue weighted by molar-refractivity contribution is 4.84. The summed E-state index contributed by atoms with van der Waals surface area (Å²) in [6.45, 7) is 7.01. The molecule has 1 saturated heterocycles. The van der Waals surface area contributed by atoms with Gasteiger partial charge in [0.15, 0.2) is 0 Å². The quantitative estimate of drug-likeness (QED) is 0.719. The molecule has 0 bridgehead atoms. The van der Waals surface area contributed by atoms with Crippen molar-refractivity contribution in [3.05, 3.63) is 0 Å². The van der Waals surface area contributed by atoms with Gasteiger partial charge in [-0.2, -0.15) is 0 Å². The Morgan fingerprint density at radius 2 is 2.06 bits per heavy atom. The first-order valence-corrected chi connectivity index (χ1v) is 7.11. The summed E-state index contributed by atoms with van der Waals surface area (Å²) in [5.74, 6) is 0. The molecule has 1 aliphatic heterocycles. The van der Waals surface area contributed by atoms with Crippen LogP contribution in [0.15, 0.2) is 0 Å². The Bertz CT molecular complexity index is 208. The molecule has 1 rings (SSSR count). The van der Waals surface area contributed by atoms with E-state index in [9.17, 15) is 5.11 Å². The van der Waals surface area contributed by atoms with E-state index in [2.05, 4.69) is 18.7 Å². The van der Waals surface area contributed by atoms with Crippen LogP contribution in [0.1, 0.15) is 52.4 Å². The molecular weight excluding hydrogens is 214 g/mol. The molecule has 2 N–H and O–H groups in total. The molecule has 1 fully saturated rings. The molecule has 17 heavy (non-hydrogen) atoms. The number of aliphatic hydroxyl groups is 2. The average Bonchev–Trinajstić information content (AvgIpc) is 2.32. The van der Waals surface area contributed by atoms with Crippen LogP contribution in [-0.2, 0) is 0 Å². The van der Waals surface area contributed by atoms with Crippen molar-refractivity contribution in [3.8, 4) is 0 Å². The van der Waals surface area contributed by atoms with Crippen LogP contribution in [0.25, 0.3) is 0 Å². The van der Waals surface area contributed by atoms with Gasteiger partial charge in [-0.3, -0.25) is 4.90 Å². The molecule has 2 atom stereocenters. The predicted octanol–water partition coefficient (Wildman–Crippen LogP) is 2.02. The van der Waals surface area contributed by atoms with Crippen LogP contribution in [-0.4, -0.2) is 47.5 Å². The Kier molecular flexibility index (Phi) is 6.45. The molecule has 1 aliphatic rings. The molecule has 102 valence electrons. The highest BCUT2D eigenvalue weighted by atomic mass is 16.3. The summed E-state index contributed by atoms with van der Waals surface area (Å²) < 4.78 is 0. The second kappa shape index (κ2) is 7.34. The van der Waals surface area contributed by atoms with Gasteiger partial charge in [-0.05, 0) is 32.2 Å². The van der Waals surface area contributed by atoms with Gasteiger partial charge >= 0.3 is 0 Å². The minimum atomic E-state index is 0.0276. The number of aliphatic hydroxyl groups excluding tert-OH is 2. The summed E-state index contributed by atoms with van der Waals surface area (Å²) >= 11 is 0. The topological polar surface area (TPSA) is 43.7 Å². The highest BCUT2D eigenvalue weighted by Crippen LogP contribution is 2.28. The molecule has 0 aromatic rings. The van der Waals surface area contributed by atoms with Crippen LogP contribution in [0.2, 0.25) is 0 Å². The van der Waals surface area contributed by atoms with E-state index in [0.717, 1.165) is 32.4 Å². The van der Waals surface area contributed by atoms with Crippen molar-refractivity contribution in [1.29, 1.82) is 0 Å². The number of hydrogen-bond acceptors (Lipinski definition) is 3. The third-order valence-electron chi connectivity index (χ3n) is 4.03. The van der Waals surface area contributed by atoms with Crippen molar-refractivity contribution in [1.82, 2.24) is 4.90 Å². The smallest absolute Gasteiger partial charge is 0.0497 e. The Hall–Kier alpha value is -0.120. The van der Waals surface area contributed by atoms with Crippen molar-refractivity contribution in [3.63, 3.8) is 0 Å². The third-order valence-corrected chi connectivity index (χ3v) is 4.03. The van der Waals surface area contributed by atoms with Crippen molar-refractivity contribution in [2.24, 2.45) is 5.41 Å². The fourth-order valence-corrected chi connectivity index (χ4v) is 3.05. The summed E-state index contributed by atoms with van der Waals surface area (Å²) in [5.41, 5.74) is 0.0276. The molecule has 0 aromatic carbocycles. The lowest BCUT2D eigenvalue weighted by Gasteiger charge is -2.41. The minimum absolute atomic E-state index is 0.0276. The number of nitrogens with zero attached hydrogens (tertiary/aromatic N) is 1. The maximum Gasteiger partial charge on any atom is 0.0497 e. The molecule has 3 nitrogen and oxygen atoms in total. The van der Waals surface area contributed by atoms with Crippen LogP contribution < -0.4 is 0 Å². The zero-order chi connectivity index (χ0) is 12.7. The van der Waals surface area contributed by atoms with E-state index >= 15 is 0 Å². The second-order valence-corrected chi connectivity index (χ2v) is 5.85. The lowest BCUT2D eigenvalue weighted by Crippen LogP contribution is -2.46. The molecule has 0 spiro atoms. The molecule has 0 aromatic heterocycles. The van der Waals surface area contributed by atoms with Gasteiger partial charge in [-0.15, -0.1) is 0 Å². The van der Waals surface area contributed by atoms with Gasteiger partial charge in [0.25, 0.3) is 0 Å². The van der Waals surface area contributed by atoms with E-state index in [1.54, 1.807) is 0 Å². The van der Waals surface area contributed by atoms with E-state index in [-0.39, 0.29) is 18.6 Å². The molecule has 2 unspecified atom stereocenters. The van der Waals surface area contributed by atoms with Gasteiger partial charge in [0.05, 0.1) is 0 Å². The van der Waals surface area contributed by atoms with Gasteiger partial charge in [-0.25, -0.2) is 0 Å². The fourth-order valence-electron chi connectivity index (χ4n) is 3.05. The molecule has 3 heteroatoms. The van der Waals surface area contributed by atoms with Crippen LogP contribution in [0.4, 0.5) is 0 Å². The zero-order valence-electron chi connectivity index (χ0n) is 11.5. The largest absolute Gasteiger partial charge is 0.396 e. The Morgan fingerprint density at radius 3 is 2.65 bits per heavy atom. The van der Waals surface area contributed by atoms with Crippen LogP contribution in [0, 0.1) is 5.41 Å². The summed E-state index contributed by atoms with van der Waals surface area (Å²) in [6.07, 6.45) is 6.82. The van der Waals surface area contributed by atoms with Crippen LogP contribution >= 0.6 is 0 Å². The SMILES string of the molecule is CCCC(C)(CO)CN1CCCCC1CCO. The molecule has 0 radical (unpaired) electrons. The standard InChI is InChI=1S/C14H29NO2/c1-3-8-14(2,12-17)11-15-9-5-4-6-13(15)7-10-16/h13,16-17H,3-12H2,1-2H3.